The summed E-state index contributed by atoms with van der Waals surface area (Å²) < 4.78 is 5.84. The van der Waals surface area contributed by atoms with Crippen LogP contribution in [0, 0.1) is 0 Å². The quantitative estimate of drug-likeness (QED) is 0.844. The van der Waals surface area contributed by atoms with Crippen LogP contribution in [0.25, 0.3) is 0 Å². The Hall–Kier alpha value is -1.29. The number of hydrogen-bond acceptors (Lipinski definition) is 3. The van der Waals surface area contributed by atoms with Gasteiger partial charge in [-0.1, -0.05) is 23.2 Å². The van der Waals surface area contributed by atoms with E-state index in [4.69, 9.17) is 27.9 Å². The minimum Gasteiger partial charge on any atom is -0.455 e. The number of aromatic nitrogens is 1. The Morgan fingerprint density at radius 1 is 1.16 bits per heavy atom. The molecule has 0 fully saturated rings. The van der Waals surface area contributed by atoms with Crippen molar-refractivity contribution >= 4 is 23.2 Å². The molecule has 0 bridgehead atoms. The van der Waals surface area contributed by atoms with Crippen molar-refractivity contribution in [3.05, 3.63) is 52.3 Å². The minimum absolute atomic E-state index is 0.486. The van der Waals surface area contributed by atoms with Crippen LogP contribution in [0.2, 0.25) is 10.0 Å². The highest BCUT2D eigenvalue weighted by Gasteiger charge is 2.09. The van der Waals surface area contributed by atoms with Gasteiger partial charge in [0, 0.05) is 29.5 Å². The summed E-state index contributed by atoms with van der Waals surface area (Å²) in [5.41, 5.74) is 0.999. The number of benzene rings is 1. The van der Waals surface area contributed by atoms with Gasteiger partial charge in [-0.3, -0.25) is 4.98 Å². The number of hydrogen-bond donors (Lipinski definition) is 0. The van der Waals surface area contributed by atoms with Crippen molar-refractivity contribution in [1.82, 2.24) is 9.88 Å². The maximum Gasteiger partial charge on any atom is 0.146 e. The molecule has 2 aromatic rings. The van der Waals surface area contributed by atoms with Crippen molar-refractivity contribution in [2.45, 2.75) is 6.54 Å². The summed E-state index contributed by atoms with van der Waals surface area (Å²) in [5, 5.41) is 1.07. The van der Waals surface area contributed by atoms with Crippen LogP contribution in [0.4, 0.5) is 0 Å². The summed E-state index contributed by atoms with van der Waals surface area (Å²) in [6.07, 6.45) is 3.48. The lowest BCUT2D eigenvalue weighted by atomic mass is 10.2. The molecule has 0 unspecified atom stereocenters. The maximum atomic E-state index is 6.10. The molecule has 0 radical (unpaired) electrons. The van der Waals surface area contributed by atoms with Crippen molar-refractivity contribution in [3.8, 4) is 11.5 Å². The van der Waals surface area contributed by atoms with Crippen LogP contribution in [-0.2, 0) is 6.54 Å². The predicted octanol–water partition coefficient (Wildman–Crippen LogP) is 4.24. The third kappa shape index (κ3) is 3.83. The van der Waals surface area contributed by atoms with Crippen LogP contribution >= 0.6 is 23.2 Å². The highest BCUT2D eigenvalue weighted by Crippen LogP contribution is 2.32. The van der Waals surface area contributed by atoms with E-state index in [-0.39, 0.29) is 0 Å². The monoisotopic (exact) mass is 296 g/mol. The fraction of sp³-hybridized carbons (Fsp3) is 0.214. The Morgan fingerprint density at radius 2 is 1.95 bits per heavy atom. The van der Waals surface area contributed by atoms with E-state index in [0.29, 0.717) is 15.8 Å². The summed E-state index contributed by atoms with van der Waals surface area (Å²) >= 11 is 12.0. The Kier molecular flexibility index (Phi) is 4.64. The van der Waals surface area contributed by atoms with Gasteiger partial charge in [-0.2, -0.15) is 0 Å². The number of rotatable bonds is 4. The van der Waals surface area contributed by atoms with Gasteiger partial charge >= 0.3 is 0 Å². The van der Waals surface area contributed by atoms with Crippen molar-refractivity contribution in [1.29, 1.82) is 0 Å². The molecule has 0 aliphatic rings. The number of halogens is 2. The molecular formula is C14H14Cl2N2O. The normalized spacial score (nSPS) is 10.8. The maximum absolute atomic E-state index is 6.10. The van der Waals surface area contributed by atoms with Crippen LogP contribution < -0.4 is 4.74 Å². The summed E-state index contributed by atoms with van der Waals surface area (Å²) in [4.78, 5) is 6.16. The first kappa shape index (κ1) is 14.1. The van der Waals surface area contributed by atoms with Gasteiger partial charge in [0.15, 0.2) is 0 Å². The third-order valence-corrected chi connectivity index (χ3v) is 2.99. The van der Waals surface area contributed by atoms with E-state index < -0.39 is 0 Å². The molecule has 2 rings (SSSR count). The molecule has 1 aromatic carbocycles. The van der Waals surface area contributed by atoms with Crippen LogP contribution in [0.3, 0.4) is 0 Å². The zero-order valence-electron chi connectivity index (χ0n) is 10.7. The van der Waals surface area contributed by atoms with Crippen molar-refractivity contribution < 1.29 is 4.74 Å². The fourth-order valence-electron chi connectivity index (χ4n) is 1.65. The fourth-order valence-corrected chi connectivity index (χ4v) is 2.10. The summed E-state index contributed by atoms with van der Waals surface area (Å²) in [6.45, 7) is 0.744. The van der Waals surface area contributed by atoms with Gasteiger partial charge in [0.1, 0.15) is 11.5 Å². The van der Waals surface area contributed by atoms with E-state index in [1.807, 2.05) is 25.1 Å². The topological polar surface area (TPSA) is 25.4 Å². The van der Waals surface area contributed by atoms with Gasteiger partial charge in [-0.25, -0.2) is 0 Å². The van der Waals surface area contributed by atoms with E-state index in [2.05, 4.69) is 4.98 Å². The summed E-state index contributed by atoms with van der Waals surface area (Å²) in [5.74, 6) is 1.32. The van der Waals surface area contributed by atoms with E-state index >= 15 is 0 Å². The summed E-state index contributed by atoms with van der Waals surface area (Å²) in [6, 6.07) is 6.98. The van der Waals surface area contributed by atoms with Gasteiger partial charge in [-0.05, 0) is 38.4 Å². The summed E-state index contributed by atoms with van der Waals surface area (Å²) in [7, 11) is 3.98. The van der Waals surface area contributed by atoms with Gasteiger partial charge in [-0.15, -0.1) is 0 Å². The predicted molar refractivity (Wildman–Crippen MR) is 78.2 cm³/mol. The SMILES string of the molecule is CN(C)Cc1cnccc1Oc1ccc(Cl)cc1Cl. The number of pyridine rings is 1. The molecule has 1 heterocycles. The second-order valence-electron chi connectivity index (χ2n) is 4.40. The van der Waals surface area contributed by atoms with E-state index in [1.165, 1.54) is 0 Å². The second-order valence-corrected chi connectivity index (χ2v) is 5.24. The Bertz CT molecular complexity index is 573. The van der Waals surface area contributed by atoms with Gasteiger partial charge in [0.2, 0.25) is 0 Å². The van der Waals surface area contributed by atoms with Crippen molar-refractivity contribution in [2.75, 3.05) is 14.1 Å². The second kappa shape index (κ2) is 6.24. The average molecular weight is 297 g/mol. The lowest BCUT2D eigenvalue weighted by Gasteiger charge is -2.14. The molecule has 0 spiro atoms. The van der Waals surface area contributed by atoms with Crippen LogP contribution in [0.15, 0.2) is 36.7 Å². The molecule has 0 saturated carbocycles. The lowest BCUT2D eigenvalue weighted by Crippen LogP contribution is -2.11. The van der Waals surface area contributed by atoms with Gasteiger partial charge in [0.05, 0.1) is 5.02 Å². The molecule has 0 saturated heterocycles. The van der Waals surface area contributed by atoms with E-state index in [1.54, 1.807) is 30.6 Å². The molecule has 0 aliphatic heterocycles. The Labute approximate surface area is 122 Å². The average Bonchev–Trinajstić information content (AvgIpc) is 2.34. The smallest absolute Gasteiger partial charge is 0.146 e. The van der Waals surface area contributed by atoms with Crippen LogP contribution in [-0.4, -0.2) is 24.0 Å². The largest absolute Gasteiger partial charge is 0.455 e. The standard InChI is InChI=1S/C14H14Cl2N2O/c1-18(2)9-10-8-17-6-5-13(10)19-14-4-3-11(15)7-12(14)16/h3-8H,9H2,1-2H3. The molecular weight excluding hydrogens is 283 g/mol. The molecule has 3 nitrogen and oxygen atoms in total. The first-order valence-corrected chi connectivity index (χ1v) is 6.52. The molecule has 1 aromatic heterocycles. The zero-order valence-corrected chi connectivity index (χ0v) is 12.2. The third-order valence-electron chi connectivity index (χ3n) is 2.46. The zero-order chi connectivity index (χ0) is 13.8. The molecule has 19 heavy (non-hydrogen) atoms. The van der Waals surface area contributed by atoms with Crippen LogP contribution in [0.5, 0.6) is 11.5 Å². The van der Waals surface area contributed by atoms with E-state index in [9.17, 15) is 0 Å². The molecule has 0 aliphatic carbocycles. The Balaban J connectivity index is 2.27. The lowest BCUT2D eigenvalue weighted by molar-refractivity contribution is 0.388. The molecule has 5 heteroatoms. The molecule has 0 N–H and O–H groups in total. The van der Waals surface area contributed by atoms with Gasteiger partial charge in [0.25, 0.3) is 0 Å². The number of nitrogens with zero attached hydrogens (tertiary/aromatic N) is 2. The molecule has 0 atom stereocenters. The van der Waals surface area contributed by atoms with Crippen molar-refractivity contribution in [2.24, 2.45) is 0 Å². The first-order chi connectivity index (χ1) is 9.06. The highest BCUT2D eigenvalue weighted by atomic mass is 35.5. The van der Waals surface area contributed by atoms with Crippen LogP contribution in [0.1, 0.15) is 5.56 Å². The van der Waals surface area contributed by atoms with E-state index in [0.717, 1.165) is 17.9 Å². The first-order valence-electron chi connectivity index (χ1n) is 5.77. The molecule has 0 amide bonds. The number of ether oxygens (including phenoxy) is 1. The minimum atomic E-state index is 0.486. The highest BCUT2D eigenvalue weighted by molar-refractivity contribution is 6.35. The van der Waals surface area contributed by atoms with Gasteiger partial charge < -0.3 is 9.64 Å². The molecule has 100 valence electrons. The Morgan fingerprint density at radius 3 is 2.63 bits per heavy atom. The van der Waals surface area contributed by atoms with Crippen molar-refractivity contribution in [3.63, 3.8) is 0 Å².